The highest BCUT2D eigenvalue weighted by Gasteiger charge is 2.35. The molecule has 1 fully saturated rings. The summed E-state index contributed by atoms with van der Waals surface area (Å²) in [5, 5.41) is 8.59. The number of methoxy groups -OCH3 is 1. The molecule has 7 heteroatoms. The molecule has 4 rings (SSSR count). The second kappa shape index (κ2) is 8.03. The van der Waals surface area contributed by atoms with Gasteiger partial charge < -0.3 is 9.64 Å². The van der Waals surface area contributed by atoms with Crippen LogP contribution in [-0.4, -0.2) is 34.1 Å². The second-order valence-corrected chi connectivity index (χ2v) is 7.42. The number of ether oxygens (including phenoxy) is 1. The fourth-order valence-electron chi connectivity index (χ4n) is 3.63. The predicted octanol–water partition coefficient (Wildman–Crippen LogP) is 3.02. The first-order valence-corrected chi connectivity index (χ1v) is 9.87. The van der Waals surface area contributed by atoms with E-state index in [0.29, 0.717) is 16.8 Å². The van der Waals surface area contributed by atoms with Crippen LogP contribution in [-0.2, 0) is 11.3 Å². The monoisotopic (exact) mass is 392 g/mol. The van der Waals surface area contributed by atoms with Gasteiger partial charge in [0.25, 0.3) is 5.56 Å². The molecule has 0 saturated heterocycles. The standard InChI is InChI=1S/C22H24N4O3/c1-15(16-7-8-16)26(17-9-11-18(29-2)12-10-17)21(27)13-14-25-22(28)19-5-3-4-6-20(19)23-24-25/h3-6,9-12,15-16H,7-8,13-14H2,1-2H3. The Kier molecular flexibility index (Phi) is 5.29. The summed E-state index contributed by atoms with van der Waals surface area (Å²) in [7, 11) is 1.62. The third kappa shape index (κ3) is 3.99. The largest absolute Gasteiger partial charge is 0.497 e. The molecule has 1 unspecified atom stereocenters. The van der Waals surface area contributed by atoms with Gasteiger partial charge in [-0.3, -0.25) is 9.59 Å². The minimum atomic E-state index is -0.227. The maximum absolute atomic E-state index is 13.2. The molecule has 0 bridgehead atoms. The molecule has 1 atom stereocenters. The fourth-order valence-corrected chi connectivity index (χ4v) is 3.63. The van der Waals surface area contributed by atoms with E-state index in [-0.39, 0.29) is 30.5 Å². The number of hydrogen-bond acceptors (Lipinski definition) is 5. The van der Waals surface area contributed by atoms with Gasteiger partial charge in [-0.2, -0.15) is 0 Å². The van der Waals surface area contributed by atoms with Crippen molar-refractivity contribution in [3.05, 3.63) is 58.9 Å². The Labute approximate surface area is 168 Å². The Bertz CT molecular complexity index is 1070. The number of benzene rings is 2. The number of aromatic nitrogens is 3. The van der Waals surface area contributed by atoms with Crippen molar-refractivity contribution in [2.24, 2.45) is 5.92 Å². The highest BCUT2D eigenvalue weighted by Crippen LogP contribution is 2.37. The molecule has 0 aliphatic heterocycles. The zero-order chi connectivity index (χ0) is 20.4. The number of fused-ring (bicyclic) bond motifs is 1. The van der Waals surface area contributed by atoms with Gasteiger partial charge in [0.1, 0.15) is 11.3 Å². The van der Waals surface area contributed by atoms with E-state index < -0.39 is 0 Å². The Balaban J connectivity index is 1.55. The first kappa shape index (κ1) is 19.1. The predicted molar refractivity (Wildman–Crippen MR) is 111 cm³/mol. The molecule has 1 saturated carbocycles. The molecule has 1 aliphatic rings. The van der Waals surface area contributed by atoms with Crippen molar-refractivity contribution < 1.29 is 9.53 Å². The number of rotatable bonds is 7. The molecule has 0 radical (unpaired) electrons. The zero-order valence-corrected chi connectivity index (χ0v) is 16.6. The van der Waals surface area contributed by atoms with Crippen molar-refractivity contribution in [2.75, 3.05) is 12.0 Å². The number of carbonyl (C=O) groups excluding carboxylic acids is 1. The topological polar surface area (TPSA) is 77.3 Å². The van der Waals surface area contributed by atoms with Gasteiger partial charge >= 0.3 is 0 Å². The summed E-state index contributed by atoms with van der Waals surface area (Å²) in [5.41, 5.74) is 1.17. The first-order valence-electron chi connectivity index (χ1n) is 9.87. The van der Waals surface area contributed by atoms with Crippen LogP contribution in [0, 0.1) is 5.92 Å². The smallest absolute Gasteiger partial charge is 0.277 e. The summed E-state index contributed by atoms with van der Waals surface area (Å²) < 4.78 is 6.50. The van der Waals surface area contributed by atoms with Gasteiger partial charge in [-0.05, 0) is 62.1 Å². The number of carbonyl (C=O) groups is 1. The van der Waals surface area contributed by atoms with E-state index >= 15 is 0 Å². The molecule has 29 heavy (non-hydrogen) atoms. The lowest BCUT2D eigenvalue weighted by molar-refractivity contribution is -0.119. The lowest BCUT2D eigenvalue weighted by Crippen LogP contribution is -2.41. The summed E-state index contributed by atoms with van der Waals surface area (Å²) in [5.74, 6) is 1.24. The maximum Gasteiger partial charge on any atom is 0.277 e. The number of amides is 1. The van der Waals surface area contributed by atoms with Crippen molar-refractivity contribution in [3.8, 4) is 5.75 Å². The summed E-state index contributed by atoms with van der Waals surface area (Å²) in [4.78, 5) is 27.6. The number of nitrogens with zero attached hydrogens (tertiary/aromatic N) is 4. The van der Waals surface area contributed by atoms with Crippen molar-refractivity contribution in [1.82, 2.24) is 15.0 Å². The van der Waals surface area contributed by atoms with Crippen molar-refractivity contribution in [3.63, 3.8) is 0 Å². The van der Waals surface area contributed by atoms with E-state index in [1.807, 2.05) is 35.2 Å². The molecule has 3 aromatic rings. The van der Waals surface area contributed by atoms with Crippen LogP contribution in [0.15, 0.2) is 53.3 Å². The minimum Gasteiger partial charge on any atom is -0.497 e. The van der Waals surface area contributed by atoms with Gasteiger partial charge in [0.05, 0.1) is 19.0 Å². The summed E-state index contributed by atoms with van der Waals surface area (Å²) >= 11 is 0. The van der Waals surface area contributed by atoms with Crippen LogP contribution in [0.25, 0.3) is 10.9 Å². The summed E-state index contributed by atoms with van der Waals surface area (Å²) in [6.07, 6.45) is 2.45. The second-order valence-electron chi connectivity index (χ2n) is 7.42. The Morgan fingerprint density at radius 3 is 2.62 bits per heavy atom. The lowest BCUT2D eigenvalue weighted by atomic mass is 10.1. The van der Waals surface area contributed by atoms with Gasteiger partial charge in [-0.1, -0.05) is 17.3 Å². The summed E-state index contributed by atoms with van der Waals surface area (Å²) in [6.45, 7) is 2.28. The number of hydrogen-bond donors (Lipinski definition) is 0. The van der Waals surface area contributed by atoms with E-state index in [2.05, 4.69) is 17.2 Å². The highest BCUT2D eigenvalue weighted by atomic mass is 16.5. The van der Waals surface area contributed by atoms with Crippen LogP contribution in [0.4, 0.5) is 5.69 Å². The van der Waals surface area contributed by atoms with Crippen molar-refractivity contribution in [1.29, 1.82) is 0 Å². The quantitative estimate of drug-likeness (QED) is 0.618. The molecule has 0 N–H and O–H groups in total. The Morgan fingerprint density at radius 1 is 1.21 bits per heavy atom. The molecule has 1 aromatic heterocycles. The molecule has 1 aliphatic carbocycles. The Morgan fingerprint density at radius 2 is 1.93 bits per heavy atom. The average molecular weight is 392 g/mol. The van der Waals surface area contributed by atoms with E-state index in [9.17, 15) is 9.59 Å². The molecular formula is C22H24N4O3. The minimum absolute atomic E-state index is 0.0311. The van der Waals surface area contributed by atoms with Crippen LogP contribution in [0.3, 0.4) is 0 Å². The molecule has 1 amide bonds. The van der Waals surface area contributed by atoms with Crippen LogP contribution >= 0.6 is 0 Å². The fraction of sp³-hybridized carbons (Fsp3) is 0.364. The maximum atomic E-state index is 13.2. The van der Waals surface area contributed by atoms with E-state index in [1.54, 1.807) is 25.3 Å². The summed E-state index contributed by atoms with van der Waals surface area (Å²) in [6, 6.07) is 14.7. The van der Waals surface area contributed by atoms with Gasteiger partial charge in [-0.15, -0.1) is 5.10 Å². The van der Waals surface area contributed by atoms with Crippen molar-refractivity contribution in [2.45, 2.75) is 38.8 Å². The molecule has 0 spiro atoms. The third-order valence-electron chi connectivity index (χ3n) is 5.50. The van der Waals surface area contributed by atoms with Crippen molar-refractivity contribution >= 4 is 22.5 Å². The molecule has 2 aromatic carbocycles. The number of aryl methyl sites for hydroxylation is 1. The highest BCUT2D eigenvalue weighted by molar-refractivity contribution is 5.94. The SMILES string of the molecule is COc1ccc(N(C(=O)CCn2nnc3ccccc3c2=O)C(C)C2CC2)cc1. The van der Waals surface area contributed by atoms with Gasteiger partial charge in [0.15, 0.2) is 0 Å². The van der Waals surface area contributed by atoms with Gasteiger partial charge in [0.2, 0.25) is 5.91 Å². The first-order chi connectivity index (χ1) is 14.1. The normalized spacial score (nSPS) is 14.6. The van der Waals surface area contributed by atoms with Gasteiger partial charge in [0, 0.05) is 18.2 Å². The lowest BCUT2D eigenvalue weighted by Gasteiger charge is -2.30. The van der Waals surface area contributed by atoms with Crippen LogP contribution in [0.1, 0.15) is 26.2 Å². The molecule has 150 valence electrons. The molecule has 7 nitrogen and oxygen atoms in total. The number of anilines is 1. The van der Waals surface area contributed by atoms with E-state index in [4.69, 9.17) is 4.74 Å². The molecule has 1 heterocycles. The average Bonchev–Trinajstić information content (AvgIpc) is 3.59. The zero-order valence-electron chi connectivity index (χ0n) is 16.6. The van der Waals surface area contributed by atoms with Crippen LogP contribution in [0.2, 0.25) is 0 Å². The third-order valence-corrected chi connectivity index (χ3v) is 5.50. The van der Waals surface area contributed by atoms with Crippen LogP contribution < -0.4 is 15.2 Å². The van der Waals surface area contributed by atoms with Gasteiger partial charge in [-0.25, -0.2) is 4.68 Å². The van der Waals surface area contributed by atoms with E-state index in [1.165, 1.54) is 4.68 Å². The Hall–Kier alpha value is -3.22. The van der Waals surface area contributed by atoms with E-state index in [0.717, 1.165) is 24.3 Å². The van der Waals surface area contributed by atoms with Crippen LogP contribution in [0.5, 0.6) is 5.75 Å². The molecular weight excluding hydrogens is 368 g/mol.